The molecule has 0 bridgehead atoms. The van der Waals surface area contributed by atoms with E-state index in [-0.39, 0.29) is 18.4 Å². The maximum atomic E-state index is 6.27. The van der Waals surface area contributed by atoms with Gasteiger partial charge in [-0.1, -0.05) is 19.3 Å². The minimum absolute atomic E-state index is 0. The molecule has 1 atom stereocenters. The van der Waals surface area contributed by atoms with Crippen molar-refractivity contribution in [3.05, 3.63) is 20.8 Å². The molecular formula is C11H17BrClNS. The van der Waals surface area contributed by atoms with Crippen LogP contribution in [0, 0.1) is 5.92 Å². The fourth-order valence-electron chi connectivity index (χ4n) is 2.23. The van der Waals surface area contributed by atoms with Crippen LogP contribution in [0.5, 0.6) is 0 Å². The Kier molecular flexibility index (Phi) is 5.61. The van der Waals surface area contributed by atoms with Crippen molar-refractivity contribution >= 4 is 39.7 Å². The van der Waals surface area contributed by atoms with Crippen LogP contribution in [0.2, 0.25) is 0 Å². The highest BCUT2D eigenvalue weighted by Crippen LogP contribution is 2.36. The lowest BCUT2D eigenvalue weighted by Gasteiger charge is -2.26. The normalized spacial score (nSPS) is 19.6. The van der Waals surface area contributed by atoms with Gasteiger partial charge in [-0.05, 0) is 46.8 Å². The van der Waals surface area contributed by atoms with E-state index in [1.54, 1.807) is 11.3 Å². The summed E-state index contributed by atoms with van der Waals surface area (Å²) in [5.74, 6) is 0.717. The second kappa shape index (κ2) is 6.24. The third-order valence-electron chi connectivity index (χ3n) is 3.08. The second-order valence-corrected chi connectivity index (χ2v) is 6.56. The first-order valence-corrected chi connectivity index (χ1v) is 6.89. The first-order chi connectivity index (χ1) is 6.77. The molecule has 0 amide bonds. The molecule has 0 unspecified atom stereocenters. The van der Waals surface area contributed by atoms with E-state index >= 15 is 0 Å². The van der Waals surface area contributed by atoms with Crippen LogP contribution in [0.1, 0.15) is 43.0 Å². The predicted molar refractivity (Wildman–Crippen MR) is 72.8 cm³/mol. The van der Waals surface area contributed by atoms with Gasteiger partial charge in [0.2, 0.25) is 0 Å². The van der Waals surface area contributed by atoms with Gasteiger partial charge in [-0.15, -0.1) is 23.7 Å². The van der Waals surface area contributed by atoms with Crippen LogP contribution in [0.4, 0.5) is 0 Å². The topological polar surface area (TPSA) is 26.0 Å². The molecule has 0 spiro atoms. The van der Waals surface area contributed by atoms with Crippen molar-refractivity contribution in [1.29, 1.82) is 0 Å². The average molecular weight is 311 g/mol. The lowest BCUT2D eigenvalue weighted by molar-refractivity contribution is 0.311. The van der Waals surface area contributed by atoms with Crippen molar-refractivity contribution in [2.24, 2.45) is 11.7 Å². The summed E-state index contributed by atoms with van der Waals surface area (Å²) in [6, 6.07) is 4.53. The van der Waals surface area contributed by atoms with E-state index in [1.807, 2.05) is 0 Å². The molecule has 1 nitrogen and oxygen atoms in total. The zero-order chi connectivity index (χ0) is 9.97. The van der Waals surface area contributed by atoms with Crippen molar-refractivity contribution in [1.82, 2.24) is 0 Å². The summed E-state index contributed by atoms with van der Waals surface area (Å²) in [5.41, 5.74) is 6.27. The van der Waals surface area contributed by atoms with E-state index in [9.17, 15) is 0 Å². The van der Waals surface area contributed by atoms with E-state index in [0.717, 1.165) is 0 Å². The third-order valence-corrected chi connectivity index (χ3v) is 4.81. The van der Waals surface area contributed by atoms with Crippen LogP contribution in [0.25, 0.3) is 0 Å². The van der Waals surface area contributed by atoms with E-state index in [4.69, 9.17) is 5.73 Å². The number of rotatable bonds is 2. The van der Waals surface area contributed by atoms with Crippen LogP contribution in [-0.4, -0.2) is 0 Å². The molecule has 86 valence electrons. The molecule has 1 fully saturated rings. The molecule has 1 heterocycles. The molecule has 1 aromatic rings. The zero-order valence-electron chi connectivity index (χ0n) is 8.62. The number of hydrogen-bond donors (Lipinski definition) is 1. The molecule has 0 aromatic carbocycles. The minimum atomic E-state index is 0. The molecule has 0 radical (unpaired) electrons. The molecule has 1 aliphatic carbocycles. The number of thiophene rings is 1. The quantitative estimate of drug-likeness (QED) is 0.854. The summed E-state index contributed by atoms with van der Waals surface area (Å²) in [6.07, 6.45) is 6.76. The van der Waals surface area contributed by atoms with Crippen LogP contribution in [0.15, 0.2) is 15.9 Å². The molecule has 2 N–H and O–H groups in total. The Morgan fingerprint density at radius 2 is 1.93 bits per heavy atom. The fourth-order valence-corrected chi connectivity index (χ4v) is 3.75. The molecule has 2 rings (SSSR count). The van der Waals surface area contributed by atoms with Crippen LogP contribution in [0.3, 0.4) is 0 Å². The number of hydrogen-bond acceptors (Lipinski definition) is 2. The van der Waals surface area contributed by atoms with Gasteiger partial charge in [0.15, 0.2) is 0 Å². The first-order valence-electron chi connectivity index (χ1n) is 5.28. The standard InChI is InChI=1S/C11H16BrNS.ClH/c12-10-7-6-9(14-10)11(13)8-4-2-1-3-5-8;/h6-8,11H,1-5,13H2;1H/t11-;/m0./s1. The van der Waals surface area contributed by atoms with Gasteiger partial charge >= 0.3 is 0 Å². The van der Waals surface area contributed by atoms with Gasteiger partial charge in [0, 0.05) is 10.9 Å². The lowest BCUT2D eigenvalue weighted by Crippen LogP contribution is -2.22. The van der Waals surface area contributed by atoms with Gasteiger partial charge in [0.1, 0.15) is 0 Å². The van der Waals surface area contributed by atoms with Crippen molar-refractivity contribution in [2.45, 2.75) is 38.1 Å². The summed E-state index contributed by atoms with van der Waals surface area (Å²) >= 11 is 5.27. The Bertz CT molecular complexity index is 297. The van der Waals surface area contributed by atoms with Gasteiger partial charge in [-0.3, -0.25) is 0 Å². The molecular weight excluding hydrogens is 294 g/mol. The van der Waals surface area contributed by atoms with Crippen molar-refractivity contribution in [3.63, 3.8) is 0 Å². The third kappa shape index (κ3) is 3.45. The van der Waals surface area contributed by atoms with Gasteiger partial charge in [0.05, 0.1) is 3.79 Å². The maximum absolute atomic E-state index is 6.27. The van der Waals surface area contributed by atoms with E-state index in [0.29, 0.717) is 5.92 Å². The van der Waals surface area contributed by atoms with Gasteiger partial charge < -0.3 is 5.73 Å². The summed E-state index contributed by atoms with van der Waals surface area (Å²) in [5, 5.41) is 0. The number of halogens is 2. The summed E-state index contributed by atoms with van der Waals surface area (Å²) in [4.78, 5) is 1.34. The largest absolute Gasteiger partial charge is 0.323 e. The second-order valence-electron chi connectivity index (χ2n) is 4.07. The van der Waals surface area contributed by atoms with Gasteiger partial charge in [0.25, 0.3) is 0 Å². The SMILES string of the molecule is Cl.N[C@H](c1ccc(Br)s1)C1CCCCC1. The summed E-state index contributed by atoms with van der Waals surface area (Å²) in [7, 11) is 0. The highest BCUT2D eigenvalue weighted by atomic mass is 79.9. The maximum Gasteiger partial charge on any atom is 0.0701 e. The Morgan fingerprint density at radius 1 is 1.27 bits per heavy atom. The summed E-state index contributed by atoms with van der Waals surface area (Å²) < 4.78 is 1.19. The Labute approximate surface area is 110 Å². The smallest absolute Gasteiger partial charge is 0.0701 e. The molecule has 15 heavy (non-hydrogen) atoms. The summed E-state index contributed by atoms with van der Waals surface area (Å²) in [6.45, 7) is 0. The van der Waals surface area contributed by atoms with Crippen molar-refractivity contribution in [2.75, 3.05) is 0 Å². The Morgan fingerprint density at radius 3 is 2.47 bits per heavy atom. The molecule has 0 aliphatic heterocycles. The van der Waals surface area contributed by atoms with Crippen molar-refractivity contribution in [3.8, 4) is 0 Å². The van der Waals surface area contributed by atoms with Crippen LogP contribution < -0.4 is 5.73 Å². The van der Waals surface area contributed by atoms with Gasteiger partial charge in [-0.25, -0.2) is 0 Å². The lowest BCUT2D eigenvalue weighted by atomic mass is 9.84. The molecule has 1 saturated carbocycles. The predicted octanol–water partition coefficient (Wildman–Crippen LogP) is 4.51. The first kappa shape index (κ1) is 13.5. The molecule has 1 aliphatic rings. The number of nitrogens with two attached hydrogens (primary N) is 1. The van der Waals surface area contributed by atoms with Gasteiger partial charge in [-0.2, -0.15) is 0 Å². The van der Waals surface area contributed by atoms with E-state index in [2.05, 4.69) is 28.1 Å². The molecule has 4 heteroatoms. The zero-order valence-corrected chi connectivity index (χ0v) is 11.8. The average Bonchev–Trinajstić information content (AvgIpc) is 2.65. The highest BCUT2D eigenvalue weighted by molar-refractivity contribution is 9.11. The van der Waals surface area contributed by atoms with Crippen LogP contribution >= 0.6 is 39.7 Å². The highest BCUT2D eigenvalue weighted by Gasteiger charge is 2.22. The molecule has 1 aromatic heterocycles. The fraction of sp³-hybridized carbons (Fsp3) is 0.636. The Balaban J connectivity index is 0.00000112. The minimum Gasteiger partial charge on any atom is -0.323 e. The van der Waals surface area contributed by atoms with E-state index < -0.39 is 0 Å². The van der Waals surface area contributed by atoms with Crippen LogP contribution in [-0.2, 0) is 0 Å². The Hall–Kier alpha value is 0.430. The molecule has 0 saturated heterocycles. The van der Waals surface area contributed by atoms with E-state index in [1.165, 1.54) is 40.8 Å². The monoisotopic (exact) mass is 309 g/mol. The van der Waals surface area contributed by atoms with Crippen molar-refractivity contribution < 1.29 is 0 Å².